The summed E-state index contributed by atoms with van der Waals surface area (Å²) in [5.74, 6) is -2.38. The molecule has 18 heteroatoms. The van der Waals surface area contributed by atoms with E-state index in [9.17, 15) is 34.4 Å². The fraction of sp³-hybridized carbons (Fsp3) is 0.465. The molecule has 0 spiro atoms. The molecular formula is C43H52ClN5O12. The van der Waals surface area contributed by atoms with Crippen molar-refractivity contribution in [1.29, 1.82) is 0 Å². The highest BCUT2D eigenvalue weighted by Crippen LogP contribution is 2.49. The van der Waals surface area contributed by atoms with E-state index in [0.29, 0.717) is 17.9 Å². The number of alkyl carbamates (subject to hydrolysis) is 1. The summed E-state index contributed by atoms with van der Waals surface area (Å²) in [7, 11) is 5.76. The van der Waals surface area contributed by atoms with Gasteiger partial charge in [-0.3, -0.25) is 30.0 Å². The van der Waals surface area contributed by atoms with Gasteiger partial charge in [0.25, 0.3) is 11.6 Å². The Bertz CT molecular complexity index is 2190. The standard InChI is InChI=1S/C43H52ClN5O12/c1-11-27-28(16-17-29(49(55)56)37(27)45-12-2)39(51)47(7)25(5)40(52)60-34-21-35(50)48(8)30-19-26(20-31(57-9)36(30)44)18-23(3)14-13-15-33(58-10)43(54)22-32(59-41(53)46-43)24(4)38-42(34,6)61-38/h11-17,19-20,24-25,32-34,38,54H,1,18,21-22H2,2-10H3,(H,46,53)/b15-13+,23-14+,45-12-/t24-,25+,32+,33-,34+,38+,42+,43+/m1/s1. The van der Waals surface area contributed by atoms with Crippen LogP contribution >= 0.6 is 11.6 Å². The zero-order valence-electron chi connectivity index (χ0n) is 35.6. The lowest BCUT2D eigenvalue weighted by Crippen LogP contribution is -2.63. The Morgan fingerprint density at radius 3 is 2.59 bits per heavy atom. The van der Waals surface area contributed by atoms with Crippen LogP contribution in [0, 0.1) is 16.0 Å². The molecule has 0 saturated carbocycles. The number of methoxy groups -OCH3 is 2. The third kappa shape index (κ3) is 9.49. The zero-order chi connectivity index (χ0) is 45.1. The van der Waals surface area contributed by atoms with Crippen molar-refractivity contribution in [3.05, 3.63) is 86.5 Å². The van der Waals surface area contributed by atoms with Gasteiger partial charge >= 0.3 is 12.1 Å². The molecule has 17 nitrogen and oxygen atoms in total. The van der Waals surface area contributed by atoms with Gasteiger partial charge in [0.15, 0.2) is 5.72 Å². The summed E-state index contributed by atoms with van der Waals surface area (Å²) in [6, 6.07) is 4.67. The van der Waals surface area contributed by atoms with Crippen LogP contribution in [0.4, 0.5) is 21.9 Å². The maximum absolute atomic E-state index is 14.3. The summed E-state index contributed by atoms with van der Waals surface area (Å²) in [4.78, 5) is 73.0. The number of likely N-dealkylation sites (N-methyl/N-ethyl adjacent to an activating group) is 1. The molecule has 3 amide bonds. The van der Waals surface area contributed by atoms with Crippen molar-refractivity contribution in [2.75, 3.05) is 33.2 Å². The van der Waals surface area contributed by atoms with Crippen LogP contribution in [0.25, 0.3) is 6.08 Å². The highest BCUT2D eigenvalue weighted by molar-refractivity contribution is 6.35. The number of rotatable bonds is 9. The van der Waals surface area contributed by atoms with Crippen LogP contribution in [0.1, 0.15) is 68.9 Å². The van der Waals surface area contributed by atoms with Crippen molar-refractivity contribution >= 4 is 64.8 Å². The molecule has 0 unspecified atom stereocenters. The van der Waals surface area contributed by atoms with E-state index in [1.54, 1.807) is 45.1 Å². The number of nitrogens with zero attached hydrogens (tertiary/aromatic N) is 4. The molecular weight excluding hydrogens is 814 g/mol. The molecule has 0 aromatic heterocycles. The first kappa shape index (κ1) is 46.4. The van der Waals surface area contributed by atoms with Gasteiger partial charge in [0.2, 0.25) is 5.91 Å². The Balaban J connectivity index is 1.53. The maximum atomic E-state index is 14.3. The summed E-state index contributed by atoms with van der Waals surface area (Å²) in [6.07, 6.45) is 2.87. The Labute approximate surface area is 359 Å². The fourth-order valence-electron chi connectivity index (χ4n) is 7.77. The van der Waals surface area contributed by atoms with Crippen molar-refractivity contribution < 1.29 is 52.9 Å². The molecule has 2 saturated heterocycles. The summed E-state index contributed by atoms with van der Waals surface area (Å²) in [5, 5.41) is 26.2. The number of benzene rings is 2. The maximum Gasteiger partial charge on any atom is 0.409 e. The van der Waals surface area contributed by atoms with Crippen LogP contribution in [0.15, 0.2) is 59.6 Å². The molecule has 4 bridgehead atoms. The first-order valence-electron chi connectivity index (χ1n) is 19.5. The summed E-state index contributed by atoms with van der Waals surface area (Å²) >= 11 is 6.79. The molecule has 0 aliphatic carbocycles. The average Bonchev–Trinajstić information content (AvgIpc) is 3.92. The first-order chi connectivity index (χ1) is 28.7. The average molecular weight is 866 g/mol. The van der Waals surface area contributed by atoms with Gasteiger partial charge in [0.05, 0.1) is 30.2 Å². The number of anilines is 1. The molecule has 3 aliphatic rings. The molecule has 328 valence electrons. The number of esters is 1. The second-order valence-electron chi connectivity index (χ2n) is 15.6. The Morgan fingerprint density at radius 2 is 1.97 bits per heavy atom. The molecule has 61 heavy (non-hydrogen) atoms. The highest BCUT2D eigenvalue weighted by Gasteiger charge is 2.64. The van der Waals surface area contributed by atoms with Gasteiger partial charge < -0.3 is 38.6 Å². The largest absolute Gasteiger partial charge is 0.495 e. The zero-order valence-corrected chi connectivity index (χ0v) is 36.3. The molecule has 3 aliphatic heterocycles. The van der Waals surface area contributed by atoms with E-state index in [4.69, 9.17) is 35.3 Å². The van der Waals surface area contributed by atoms with Gasteiger partial charge in [0.1, 0.15) is 46.4 Å². The van der Waals surface area contributed by atoms with Crippen LogP contribution in [0.2, 0.25) is 5.02 Å². The summed E-state index contributed by atoms with van der Waals surface area (Å²) in [5.41, 5.74) is -1.56. The monoisotopic (exact) mass is 865 g/mol. The lowest BCUT2D eigenvalue weighted by Gasteiger charge is -2.42. The van der Waals surface area contributed by atoms with E-state index in [1.165, 1.54) is 58.5 Å². The van der Waals surface area contributed by atoms with Crippen molar-refractivity contribution in [3.63, 3.8) is 0 Å². The Hall–Kier alpha value is -5.62. The van der Waals surface area contributed by atoms with E-state index in [-0.39, 0.29) is 33.9 Å². The van der Waals surface area contributed by atoms with Crippen molar-refractivity contribution in [1.82, 2.24) is 10.2 Å². The second-order valence-corrected chi connectivity index (χ2v) is 15.9. The second kappa shape index (κ2) is 18.6. The molecule has 2 fully saturated rings. The normalized spacial score (nSPS) is 28.6. The number of hydrogen-bond donors (Lipinski definition) is 2. The third-order valence-corrected chi connectivity index (χ3v) is 11.9. The highest BCUT2D eigenvalue weighted by atomic mass is 35.5. The van der Waals surface area contributed by atoms with Crippen molar-refractivity contribution in [2.24, 2.45) is 10.9 Å². The number of nitro benzene ring substituents is 1. The minimum atomic E-state index is -1.89. The molecule has 2 N–H and O–H groups in total. The molecule has 0 radical (unpaired) electrons. The quantitative estimate of drug-likeness (QED) is 0.0963. The van der Waals surface area contributed by atoms with E-state index < -0.39 is 82.9 Å². The van der Waals surface area contributed by atoms with Crippen LogP contribution in [-0.4, -0.2) is 115 Å². The van der Waals surface area contributed by atoms with Crippen molar-refractivity contribution in [3.8, 4) is 5.75 Å². The van der Waals surface area contributed by atoms with Gasteiger partial charge in [0, 0.05) is 57.0 Å². The number of hydrogen-bond acceptors (Lipinski definition) is 13. The summed E-state index contributed by atoms with van der Waals surface area (Å²) < 4.78 is 29.3. The summed E-state index contributed by atoms with van der Waals surface area (Å²) in [6.45, 7) is 12.0. The number of nitro groups is 1. The number of fused-ring (bicyclic) bond motifs is 5. The van der Waals surface area contributed by atoms with Gasteiger partial charge in [-0.2, -0.15) is 0 Å². The number of allylic oxidation sites excluding steroid dienone is 3. The Kier molecular flexibility index (Phi) is 14.1. The lowest BCUT2D eigenvalue weighted by atomic mass is 9.83. The van der Waals surface area contributed by atoms with Gasteiger partial charge in [-0.05, 0) is 57.9 Å². The molecule has 8 atom stereocenters. The molecule has 3 heterocycles. The number of halogens is 1. The minimum absolute atomic E-state index is 0.00125. The number of nitrogens with one attached hydrogen (secondary N) is 1. The number of carbonyl (C=O) groups is 4. The number of ether oxygens (including phenoxy) is 5. The fourth-order valence-corrected chi connectivity index (χ4v) is 8.08. The van der Waals surface area contributed by atoms with E-state index in [2.05, 4.69) is 16.9 Å². The van der Waals surface area contributed by atoms with Crippen LogP contribution in [0.5, 0.6) is 5.75 Å². The van der Waals surface area contributed by atoms with Crippen LogP contribution < -0.4 is 15.0 Å². The van der Waals surface area contributed by atoms with Crippen molar-refractivity contribution in [2.45, 2.75) is 95.7 Å². The molecule has 5 rings (SSSR count). The number of aliphatic imine (C=N–C) groups is 1. The number of epoxide rings is 1. The van der Waals surface area contributed by atoms with Crippen LogP contribution in [-0.2, 0) is 35.0 Å². The van der Waals surface area contributed by atoms with Crippen LogP contribution in [0.3, 0.4) is 0 Å². The number of carbonyl (C=O) groups excluding carboxylic acids is 4. The first-order valence-corrected chi connectivity index (χ1v) is 19.9. The predicted molar refractivity (Wildman–Crippen MR) is 227 cm³/mol. The minimum Gasteiger partial charge on any atom is -0.495 e. The van der Waals surface area contributed by atoms with E-state index >= 15 is 0 Å². The lowest BCUT2D eigenvalue weighted by molar-refractivity contribution is -0.384. The molecule has 2 aromatic carbocycles. The molecule has 2 aromatic rings. The number of amides is 3. The SMILES string of the molecule is C=Cc1c(C(=O)N(C)[C@@H](C)C(=O)O[C@H]2CC(=O)N(C)c3cc(cc(OC)c3Cl)C/C(C)=C/C=C/[C@@H](OC)[C@@]3(O)C[C@H](OC(=O)N3)[C@@H](C)[C@@H]3O[C@@]23C)ccc([N+](=O)[O-])c1/N=C\C. The van der Waals surface area contributed by atoms with Gasteiger partial charge in [-0.15, -0.1) is 0 Å². The smallest absolute Gasteiger partial charge is 0.409 e. The Morgan fingerprint density at radius 1 is 1.26 bits per heavy atom. The topological polar surface area (TPSA) is 212 Å². The van der Waals surface area contributed by atoms with E-state index in [0.717, 1.165) is 22.1 Å². The van der Waals surface area contributed by atoms with E-state index in [1.807, 2.05) is 13.0 Å². The third-order valence-electron chi connectivity index (χ3n) is 11.5. The van der Waals surface area contributed by atoms with Gasteiger partial charge in [-0.1, -0.05) is 55.0 Å². The van der Waals surface area contributed by atoms with Gasteiger partial charge in [-0.25, -0.2) is 9.59 Å². The number of aliphatic hydroxyl groups is 1. The predicted octanol–water partition coefficient (Wildman–Crippen LogP) is 6.10.